The maximum Gasteiger partial charge on any atom is 0.246 e. The van der Waals surface area contributed by atoms with Gasteiger partial charge in [0.15, 0.2) is 0 Å². The summed E-state index contributed by atoms with van der Waals surface area (Å²) >= 11 is 0. The smallest absolute Gasteiger partial charge is 0.246 e. The minimum Gasteiger partial charge on any atom is -0.494 e. The zero-order valence-electron chi connectivity index (χ0n) is 11.4. The van der Waals surface area contributed by atoms with Crippen LogP contribution in [0, 0.1) is 0 Å². The van der Waals surface area contributed by atoms with Crippen molar-refractivity contribution in [2.24, 2.45) is 0 Å². The molecule has 1 aromatic rings. The molecule has 5 heteroatoms. The van der Waals surface area contributed by atoms with E-state index in [4.69, 9.17) is 4.74 Å². The van der Waals surface area contributed by atoms with Gasteiger partial charge in [-0.05, 0) is 38.2 Å². The van der Waals surface area contributed by atoms with Crippen LogP contribution in [0.25, 0.3) is 0 Å². The highest BCUT2D eigenvalue weighted by molar-refractivity contribution is 5.98. The second kappa shape index (κ2) is 6.04. The number of piperazine rings is 1. The minimum atomic E-state index is -0.444. The molecule has 0 saturated carbocycles. The Morgan fingerprint density at radius 1 is 1.32 bits per heavy atom. The predicted molar refractivity (Wildman–Crippen MR) is 73.5 cm³/mol. The number of benzene rings is 1. The van der Waals surface area contributed by atoms with Gasteiger partial charge in [0, 0.05) is 18.8 Å². The molecule has 1 aromatic carbocycles. The van der Waals surface area contributed by atoms with E-state index in [1.54, 1.807) is 4.90 Å². The van der Waals surface area contributed by atoms with E-state index in [0.717, 1.165) is 18.0 Å². The average molecular weight is 264 g/mol. The molecule has 104 valence electrons. The van der Waals surface area contributed by atoms with Crippen LogP contribution in [0.15, 0.2) is 24.3 Å². The van der Waals surface area contributed by atoms with E-state index in [-0.39, 0.29) is 12.5 Å². The Morgan fingerprint density at radius 2 is 2.00 bits per heavy atom. The second-order valence-electron chi connectivity index (χ2n) is 4.60. The Labute approximate surface area is 113 Å². The van der Waals surface area contributed by atoms with Gasteiger partial charge in [0.2, 0.25) is 5.91 Å². The number of hydrogen-bond acceptors (Lipinski definition) is 4. The number of likely N-dealkylation sites (N-methyl/N-ethyl adjacent to an activating group) is 1. The van der Waals surface area contributed by atoms with Crippen LogP contribution in [0.3, 0.4) is 0 Å². The summed E-state index contributed by atoms with van der Waals surface area (Å²) in [5, 5.41) is 9.30. The molecular weight excluding hydrogens is 244 g/mol. The maximum atomic E-state index is 12.3. The number of rotatable bonds is 4. The predicted octanol–water partition coefficient (Wildman–Crippen LogP) is 0.725. The number of amides is 1. The van der Waals surface area contributed by atoms with Crippen LogP contribution in [0.2, 0.25) is 0 Å². The Balaban J connectivity index is 2.14. The first-order chi connectivity index (χ1) is 9.17. The first-order valence-corrected chi connectivity index (χ1v) is 6.52. The molecule has 19 heavy (non-hydrogen) atoms. The van der Waals surface area contributed by atoms with Gasteiger partial charge in [-0.3, -0.25) is 9.69 Å². The molecule has 0 aliphatic carbocycles. The van der Waals surface area contributed by atoms with Crippen LogP contribution < -0.4 is 9.64 Å². The van der Waals surface area contributed by atoms with E-state index >= 15 is 0 Å². The van der Waals surface area contributed by atoms with Crippen LogP contribution in [-0.2, 0) is 4.79 Å². The van der Waals surface area contributed by atoms with Crippen molar-refractivity contribution < 1.29 is 14.6 Å². The van der Waals surface area contributed by atoms with Crippen LogP contribution in [0.5, 0.6) is 5.75 Å². The summed E-state index contributed by atoms with van der Waals surface area (Å²) in [5.41, 5.74) is 0.847. The summed E-state index contributed by atoms with van der Waals surface area (Å²) in [4.78, 5) is 15.9. The molecule has 0 bridgehead atoms. The van der Waals surface area contributed by atoms with E-state index in [0.29, 0.717) is 13.2 Å². The molecule has 0 radical (unpaired) electrons. The summed E-state index contributed by atoms with van der Waals surface area (Å²) in [5.74, 6) is 0.743. The number of hydrogen-bond donors (Lipinski definition) is 1. The van der Waals surface area contributed by atoms with Crippen molar-refractivity contribution in [1.82, 2.24) is 4.90 Å². The van der Waals surface area contributed by atoms with Gasteiger partial charge in [-0.1, -0.05) is 0 Å². The summed E-state index contributed by atoms with van der Waals surface area (Å²) in [6.45, 7) is 3.80. The Hall–Kier alpha value is -1.59. The molecular formula is C14H20N2O3. The van der Waals surface area contributed by atoms with Crippen molar-refractivity contribution in [2.75, 3.05) is 38.3 Å². The lowest BCUT2D eigenvalue weighted by Crippen LogP contribution is -2.57. The molecule has 5 nitrogen and oxygen atoms in total. The van der Waals surface area contributed by atoms with Gasteiger partial charge in [0.05, 0.1) is 13.2 Å². The van der Waals surface area contributed by atoms with E-state index in [1.165, 1.54) is 0 Å². The molecule has 1 amide bonds. The van der Waals surface area contributed by atoms with Gasteiger partial charge in [-0.15, -0.1) is 0 Å². The van der Waals surface area contributed by atoms with Crippen LogP contribution in [-0.4, -0.2) is 55.3 Å². The first-order valence-electron chi connectivity index (χ1n) is 6.52. The van der Waals surface area contributed by atoms with Crippen molar-refractivity contribution in [1.29, 1.82) is 0 Å². The largest absolute Gasteiger partial charge is 0.494 e. The van der Waals surface area contributed by atoms with E-state index in [1.807, 2.05) is 43.1 Å². The van der Waals surface area contributed by atoms with Gasteiger partial charge < -0.3 is 14.7 Å². The van der Waals surface area contributed by atoms with Gasteiger partial charge in [-0.25, -0.2) is 0 Å². The number of ether oxygens (including phenoxy) is 1. The highest BCUT2D eigenvalue weighted by Crippen LogP contribution is 2.22. The maximum absolute atomic E-state index is 12.3. The molecule has 1 aliphatic rings. The average Bonchev–Trinajstić information content (AvgIpc) is 2.41. The highest BCUT2D eigenvalue weighted by atomic mass is 16.5. The van der Waals surface area contributed by atoms with E-state index in [2.05, 4.69) is 0 Å². The fourth-order valence-corrected chi connectivity index (χ4v) is 2.25. The zero-order valence-corrected chi connectivity index (χ0v) is 11.4. The molecule has 1 heterocycles. The summed E-state index contributed by atoms with van der Waals surface area (Å²) in [7, 11) is 1.86. The number of carbonyl (C=O) groups is 1. The summed E-state index contributed by atoms with van der Waals surface area (Å²) < 4.78 is 5.38. The number of anilines is 1. The lowest BCUT2D eigenvalue weighted by molar-refractivity contribution is -0.126. The molecule has 1 unspecified atom stereocenters. The van der Waals surface area contributed by atoms with Crippen molar-refractivity contribution in [3.05, 3.63) is 24.3 Å². The number of carbonyl (C=O) groups excluding carboxylic acids is 1. The van der Waals surface area contributed by atoms with E-state index < -0.39 is 6.04 Å². The van der Waals surface area contributed by atoms with Crippen molar-refractivity contribution in [3.8, 4) is 5.75 Å². The third-order valence-electron chi connectivity index (χ3n) is 3.39. The van der Waals surface area contributed by atoms with Crippen LogP contribution in [0.1, 0.15) is 6.92 Å². The third-order valence-corrected chi connectivity index (χ3v) is 3.39. The van der Waals surface area contributed by atoms with Gasteiger partial charge in [0.1, 0.15) is 11.8 Å². The standard InChI is InChI=1S/C14H20N2O3/c1-3-19-12-6-4-11(5-7-12)16-9-8-15(2)13(10-17)14(16)18/h4-7,13,17H,3,8-10H2,1-2H3. The molecule has 1 saturated heterocycles. The Bertz CT molecular complexity index is 433. The van der Waals surface area contributed by atoms with Gasteiger partial charge >= 0.3 is 0 Å². The Kier molecular flexibility index (Phi) is 4.39. The van der Waals surface area contributed by atoms with Crippen molar-refractivity contribution >= 4 is 11.6 Å². The fourth-order valence-electron chi connectivity index (χ4n) is 2.25. The second-order valence-corrected chi connectivity index (χ2v) is 4.60. The summed E-state index contributed by atoms with van der Waals surface area (Å²) in [6, 6.07) is 7.03. The van der Waals surface area contributed by atoms with Gasteiger partial charge in [-0.2, -0.15) is 0 Å². The minimum absolute atomic E-state index is 0.0552. The lowest BCUT2D eigenvalue weighted by atomic mass is 10.1. The molecule has 1 aliphatic heterocycles. The first kappa shape index (κ1) is 13.8. The topological polar surface area (TPSA) is 53.0 Å². The monoisotopic (exact) mass is 264 g/mol. The number of aliphatic hydroxyl groups excluding tert-OH is 1. The summed E-state index contributed by atoms with van der Waals surface area (Å²) in [6.07, 6.45) is 0. The highest BCUT2D eigenvalue weighted by Gasteiger charge is 2.32. The van der Waals surface area contributed by atoms with Crippen molar-refractivity contribution in [2.45, 2.75) is 13.0 Å². The number of nitrogens with zero attached hydrogens (tertiary/aromatic N) is 2. The quantitative estimate of drug-likeness (QED) is 0.871. The van der Waals surface area contributed by atoms with Crippen LogP contribution in [0.4, 0.5) is 5.69 Å². The normalized spacial score (nSPS) is 20.7. The third kappa shape index (κ3) is 2.88. The van der Waals surface area contributed by atoms with E-state index in [9.17, 15) is 9.90 Å². The number of aliphatic hydroxyl groups is 1. The zero-order chi connectivity index (χ0) is 13.8. The lowest BCUT2D eigenvalue weighted by Gasteiger charge is -2.37. The SMILES string of the molecule is CCOc1ccc(N2CCN(C)C(CO)C2=O)cc1. The van der Waals surface area contributed by atoms with Crippen molar-refractivity contribution in [3.63, 3.8) is 0 Å². The molecule has 0 aromatic heterocycles. The van der Waals surface area contributed by atoms with Gasteiger partial charge in [0.25, 0.3) is 0 Å². The molecule has 2 rings (SSSR count). The molecule has 0 spiro atoms. The Morgan fingerprint density at radius 3 is 2.58 bits per heavy atom. The molecule has 1 N–H and O–H groups in total. The van der Waals surface area contributed by atoms with Crippen LogP contribution >= 0.6 is 0 Å². The molecule has 1 fully saturated rings. The molecule has 1 atom stereocenters. The fraction of sp³-hybridized carbons (Fsp3) is 0.500.